The Morgan fingerprint density at radius 2 is 1.80 bits per heavy atom. The number of thiocarbonyl (C=S) groups is 1. The third-order valence-corrected chi connectivity index (χ3v) is 6.60. The maximum Gasteiger partial charge on any atom is 0.193 e. The van der Waals surface area contributed by atoms with E-state index in [0.717, 1.165) is 22.2 Å². The van der Waals surface area contributed by atoms with Gasteiger partial charge in [-0.1, -0.05) is 24.3 Å². The normalized spacial score (nSPS) is 18.6. The summed E-state index contributed by atoms with van der Waals surface area (Å²) in [7, 11) is 0. The number of rotatable bonds is 4. The summed E-state index contributed by atoms with van der Waals surface area (Å²) in [6.45, 7) is 4.28. The third kappa shape index (κ3) is 3.11. The zero-order valence-electron chi connectivity index (χ0n) is 16.7. The molecule has 5 rings (SSSR count). The summed E-state index contributed by atoms with van der Waals surface area (Å²) in [4.78, 5) is 11.4. The highest BCUT2D eigenvalue weighted by Gasteiger charge is 2.42. The van der Waals surface area contributed by atoms with E-state index < -0.39 is 0 Å². The first kappa shape index (κ1) is 19.0. The summed E-state index contributed by atoms with van der Waals surface area (Å²) in [5.74, 6) is 0. The second kappa shape index (κ2) is 7.66. The van der Waals surface area contributed by atoms with Crippen LogP contribution in [0.15, 0.2) is 72.4 Å². The molecule has 0 amide bonds. The molecule has 4 aromatic rings. The molecule has 1 aliphatic rings. The number of aryl methyl sites for hydroxylation is 1. The SMILES string of the molecule is Cc1cc([C@@H]2[C@H](c3ccccn3)NC(=S)N2c2ccccc2)c(C)n1-c1nccs1. The maximum absolute atomic E-state index is 5.81. The predicted octanol–water partition coefficient (Wildman–Crippen LogP) is 5.12. The molecule has 2 atom stereocenters. The first-order valence-electron chi connectivity index (χ1n) is 9.79. The third-order valence-electron chi connectivity index (χ3n) is 5.53. The minimum Gasteiger partial charge on any atom is -0.351 e. The smallest absolute Gasteiger partial charge is 0.193 e. The number of benzene rings is 1. The molecule has 1 N–H and O–H groups in total. The van der Waals surface area contributed by atoms with Crippen LogP contribution in [0.4, 0.5) is 5.69 Å². The summed E-state index contributed by atoms with van der Waals surface area (Å²) in [5.41, 5.74) is 5.58. The Morgan fingerprint density at radius 3 is 2.50 bits per heavy atom. The van der Waals surface area contributed by atoms with Crippen molar-refractivity contribution >= 4 is 34.4 Å². The molecule has 1 saturated heterocycles. The Balaban J connectivity index is 1.69. The van der Waals surface area contributed by atoms with Gasteiger partial charge in [-0.25, -0.2) is 4.98 Å². The largest absolute Gasteiger partial charge is 0.351 e. The van der Waals surface area contributed by atoms with Gasteiger partial charge >= 0.3 is 0 Å². The number of nitrogens with one attached hydrogen (secondary N) is 1. The Kier molecular flexibility index (Phi) is 4.84. The lowest BCUT2D eigenvalue weighted by molar-refractivity contribution is 0.565. The number of nitrogens with zero attached hydrogens (tertiary/aromatic N) is 4. The Hall–Kier alpha value is -3.03. The summed E-state index contributed by atoms with van der Waals surface area (Å²) in [5, 5.41) is 7.22. The molecular weight excluding hydrogens is 410 g/mol. The lowest BCUT2D eigenvalue weighted by atomic mass is 9.96. The highest BCUT2D eigenvalue weighted by molar-refractivity contribution is 7.80. The van der Waals surface area contributed by atoms with Crippen molar-refractivity contribution < 1.29 is 0 Å². The molecule has 1 fully saturated rings. The fourth-order valence-electron chi connectivity index (χ4n) is 4.25. The highest BCUT2D eigenvalue weighted by Crippen LogP contribution is 2.43. The molecule has 0 saturated carbocycles. The Morgan fingerprint density at radius 1 is 1.00 bits per heavy atom. The van der Waals surface area contributed by atoms with Crippen LogP contribution in [-0.4, -0.2) is 19.6 Å². The van der Waals surface area contributed by atoms with Crippen molar-refractivity contribution in [2.75, 3.05) is 4.90 Å². The number of hydrogen-bond donors (Lipinski definition) is 1. The van der Waals surface area contributed by atoms with Gasteiger partial charge in [0.15, 0.2) is 10.2 Å². The van der Waals surface area contributed by atoms with Crippen LogP contribution < -0.4 is 10.2 Å². The van der Waals surface area contributed by atoms with Crippen LogP contribution in [0.3, 0.4) is 0 Å². The topological polar surface area (TPSA) is 46.0 Å². The van der Waals surface area contributed by atoms with Crippen molar-refractivity contribution in [3.63, 3.8) is 0 Å². The fourth-order valence-corrected chi connectivity index (χ4v) is 5.34. The highest BCUT2D eigenvalue weighted by atomic mass is 32.1. The van der Waals surface area contributed by atoms with Gasteiger partial charge in [0.2, 0.25) is 0 Å². The number of thiazole rings is 1. The Labute approximate surface area is 185 Å². The molecule has 0 radical (unpaired) electrons. The molecule has 1 aromatic carbocycles. The van der Waals surface area contributed by atoms with Crippen LogP contribution in [0.1, 0.15) is 34.7 Å². The number of hydrogen-bond acceptors (Lipinski definition) is 4. The van der Waals surface area contributed by atoms with Crippen LogP contribution >= 0.6 is 23.6 Å². The van der Waals surface area contributed by atoms with Crippen molar-refractivity contribution in [1.82, 2.24) is 19.9 Å². The van der Waals surface area contributed by atoms with E-state index in [1.165, 1.54) is 11.3 Å². The molecule has 150 valence electrons. The van der Waals surface area contributed by atoms with Crippen LogP contribution in [0, 0.1) is 13.8 Å². The molecule has 0 aliphatic carbocycles. The van der Waals surface area contributed by atoms with Crippen molar-refractivity contribution in [1.29, 1.82) is 0 Å². The lowest BCUT2D eigenvalue weighted by Crippen LogP contribution is -2.29. The van der Waals surface area contributed by atoms with Gasteiger partial charge in [0.1, 0.15) is 0 Å². The van der Waals surface area contributed by atoms with E-state index in [9.17, 15) is 0 Å². The molecule has 4 heterocycles. The lowest BCUT2D eigenvalue weighted by Gasteiger charge is -2.28. The van der Waals surface area contributed by atoms with Gasteiger partial charge < -0.3 is 10.2 Å². The molecule has 7 heteroatoms. The fraction of sp³-hybridized carbons (Fsp3) is 0.174. The van der Waals surface area contributed by atoms with Crippen LogP contribution in [-0.2, 0) is 0 Å². The molecular formula is C23H21N5S2. The number of pyridine rings is 1. The molecule has 30 heavy (non-hydrogen) atoms. The van der Waals surface area contributed by atoms with E-state index in [1.807, 2.05) is 48.1 Å². The first-order chi connectivity index (χ1) is 14.6. The average Bonchev–Trinajstić information content (AvgIpc) is 3.47. The Bertz CT molecular complexity index is 1170. The van der Waals surface area contributed by atoms with E-state index in [0.29, 0.717) is 5.11 Å². The summed E-state index contributed by atoms with van der Waals surface area (Å²) in [6, 6.07) is 18.5. The summed E-state index contributed by atoms with van der Waals surface area (Å²) < 4.78 is 2.22. The zero-order chi connectivity index (χ0) is 20.7. The van der Waals surface area contributed by atoms with Crippen molar-refractivity contribution in [2.45, 2.75) is 25.9 Å². The van der Waals surface area contributed by atoms with E-state index >= 15 is 0 Å². The van der Waals surface area contributed by atoms with E-state index in [1.54, 1.807) is 11.3 Å². The number of para-hydroxylation sites is 1. The number of aromatic nitrogens is 3. The number of anilines is 1. The van der Waals surface area contributed by atoms with Crippen molar-refractivity contribution in [3.8, 4) is 5.13 Å². The van der Waals surface area contributed by atoms with E-state index in [-0.39, 0.29) is 12.1 Å². The van der Waals surface area contributed by atoms with Gasteiger partial charge in [0.05, 0.1) is 17.8 Å². The van der Waals surface area contributed by atoms with Crippen molar-refractivity contribution in [3.05, 3.63) is 95.0 Å². The zero-order valence-corrected chi connectivity index (χ0v) is 18.3. The predicted molar refractivity (Wildman–Crippen MR) is 125 cm³/mol. The second-order valence-electron chi connectivity index (χ2n) is 7.31. The van der Waals surface area contributed by atoms with Crippen LogP contribution in [0.5, 0.6) is 0 Å². The van der Waals surface area contributed by atoms with Gasteiger partial charge in [-0.05, 0) is 62.0 Å². The van der Waals surface area contributed by atoms with Crippen molar-refractivity contribution in [2.24, 2.45) is 0 Å². The molecule has 3 aromatic heterocycles. The maximum atomic E-state index is 5.81. The molecule has 0 spiro atoms. The minimum absolute atomic E-state index is 0.0188. The minimum atomic E-state index is -0.0517. The van der Waals surface area contributed by atoms with Crippen LogP contribution in [0.2, 0.25) is 0 Å². The van der Waals surface area contributed by atoms with Gasteiger partial charge in [-0.3, -0.25) is 9.55 Å². The second-order valence-corrected chi connectivity index (χ2v) is 8.57. The molecule has 5 nitrogen and oxygen atoms in total. The average molecular weight is 432 g/mol. The summed E-state index contributed by atoms with van der Waals surface area (Å²) >= 11 is 7.45. The summed E-state index contributed by atoms with van der Waals surface area (Å²) in [6.07, 6.45) is 3.68. The first-order valence-corrected chi connectivity index (χ1v) is 11.1. The monoisotopic (exact) mass is 431 g/mol. The van der Waals surface area contributed by atoms with E-state index in [4.69, 9.17) is 12.2 Å². The van der Waals surface area contributed by atoms with Crippen LogP contribution in [0.25, 0.3) is 5.13 Å². The quantitative estimate of drug-likeness (QED) is 0.454. The van der Waals surface area contributed by atoms with Gasteiger partial charge in [0, 0.05) is 34.8 Å². The van der Waals surface area contributed by atoms with Gasteiger partial charge in [0.25, 0.3) is 0 Å². The molecule has 1 aliphatic heterocycles. The molecule has 0 unspecified atom stereocenters. The standard InChI is InChI=1S/C23H21N5S2/c1-15-14-18(16(2)27(15)23-25-12-13-30-23)21-20(19-10-6-7-11-24-19)26-22(29)28(21)17-8-4-3-5-9-17/h3-14,20-21H,1-2H3,(H,26,29)/t20-,21+/m0/s1. The van der Waals surface area contributed by atoms with Gasteiger partial charge in [-0.2, -0.15) is 0 Å². The molecule has 0 bridgehead atoms. The van der Waals surface area contributed by atoms with E-state index in [2.05, 4.69) is 62.9 Å². The van der Waals surface area contributed by atoms with Gasteiger partial charge in [-0.15, -0.1) is 11.3 Å².